The summed E-state index contributed by atoms with van der Waals surface area (Å²) in [6.07, 6.45) is -2.81. The number of carbonyl (C=O) groups is 1. The third kappa shape index (κ3) is 4.46. The molecule has 33 heavy (non-hydrogen) atoms. The van der Waals surface area contributed by atoms with Crippen molar-refractivity contribution in [2.45, 2.75) is 18.6 Å². The summed E-state index contributed by atoms with van der Waals surface area (Å²) in [6.45, 7) is 0. The molecule has 1 heterocycles. The molecule has 4 rings (SSSR count). The fourth-order valence-corrected chi connectivity index (χ4v) is 3.89. The molecule has 0 fully saturated rings. The topological polar surface area (TPSA) is 55.0 Å². The summed E-state index contributed by atoms with van der Waals surface area (Å²) < 4.78 is 46.2. The average Bonchev–Trinajstić information content (AvgIpc) is 3.20. The van der Waals surface area contributed by atoms with E-state index in [1.165, 1.54) is 19.2 Å². The molecular weight excluding hydrogens is 429 g/mol. The van der Waals surface area contributed by atoms with Gasteiger partial charge in [0.05, 0.1) is 24.3 Å². The average molecular weight is 448 g/mol. The zero-order chi connectivity index (χ0) is 23.6. The zero-order valence-electron chi connectivity index (χ0n) is 17.6. The highest BCUT2D eigenvalue weighted by Gasteiger charge is 2.31. The fraction of sp³-hybridized carbons (Fsp3) is 0.154. The number of rotatable bonds is 6. The number of carbonyl (C=O) groups excluding carboxylic acids is 1. The predicted octanol–water partition coefficient (Wildman–Crippen LogP) is 6.40. The molecule has 0 saturated heterocycles. The Morgan fingerprint density at radius 2 is 1.70 bits per heavy atom. The first-order chi connectivity index (χ1) is 15.8. The maximum Gasteiger partial charge on any atom is 0.416 e. The summed E-state index contributed by atoms with van der Waals surface area (Å²) in [7, 11) is 1.53. The number of nitrogens with zero attached hydrogens (tertiary/aromatic N) is 2. The van der Waals surface area contributed by atoms with Crippen LogP contribution in [0.2, 0.25) is 0 Å². The van der Waals surface area contributed by atoms with Gasteiger partial charge in [-0.2, -0.15) is 18.4 Å². The molecule has 3 aromatic carbocycles. The maximum atomic E-state index is 13.1. The van der Waals surface area contributed by atoms with Gasteiger partial charge in [0.25, 0.3) is 0 Å². The Morgan fingerprint density at radius 1 is 1.03 bits per heavy atom. The first kappa shape index (κ1) is 22.2. The van der Waals surface area contributed by atoms with Gasteiger partial charge < -0.3 is 9.30 Å². The van der Waals surface area contributed by atoms with Gasteiger partial charge in [-0.1, -0.05) is 30.3 Å². The molecule has 0 spiro atoms. The smallest absolute Gasteiger partial charge is 0.416 e. The van der Waals surface area contributed by atoms with E-state index in [-0.39, 0.29) is 12.2 Å². The van der Waals surface area contributed by atoms with E-state index < -0.39 is 17.8 Å². The van der Waals surface area contributed by atoms with Crippen LogP contribution in [0.5, 0.6) is 5.75 Å². The van der Waals surface area contributed by atoms with Gasteiger partial charge in [0.2, 0.25) is 0 Å². The van der Waals surface area contributed by atoms with Gasteiger partial charge in [-0.05, 0) is 48.0 Å². The van der Waals surface area contributed by atoms with Gasteiger partial charge in [0.15, 0.2) is 5.78 Å². The van der Waals surface area contributed by atoms with Crippen molar-refractivity contribution in [3.8, 4) is 11.8 Å². The van der Waals surface area contributed by atoms with Crippen molar-refractivity contribution in [1.29, 1.82) is 5.26 Å². The number of ether oxygens (including phenoxy) is 1. The van der Waals surface area contributed by atoms with E-state index in [1.54, 1.807) is 41.1 Å². The Labute approximate surface area is 188 Å². The molecule has 0 aliphatic carbocycles. The molecule has 4 aromatic rings. The number of hydrogen-bond donors (Lipinski definition) is 0. The van der Waals surface area contributed by atoms with Crippen molar-refractivity contribution in [3.63, 3.8) is 0 Å². The highest BCUT2D eigenvalue weighted by atomic mass is 19.4. The van der Waals surface area contributed by atoms with Crippen LogP contribution in [-0.2, 0) is 6.18 Å². The number of methoxy groups -OCH3 is 1. The molecule has 0 amide bonds. The van der Waals surface area contributed by atoms with Crippen LogP contribution in [0, 0.1) is 11.3 Å². The highest BCUT2D eigenvalue weighted by Crippen LogP contribution is 2.34. The van der Waals surface area contributed by atoms with Gasteiger partial charge in [-0.25, -0.2) is 0 Å². The van der Waals surface area contributed by atoms with E-state index in [0.29, 0.717) is 27.8 Å². The Kier molecular flexibility index (Phi) is 5.93. The molecule has 1 unspecified atom stereocenters. The lowest BCUT2D eigenvalue weighted by molar-refractivity contribution is -0.137. The Balaban J connectivity index is 1.79. The second-order valence-corrected chi connectivity index (χ2v) is 7.57. The monoisotopic (exact) mass is 448 g/mol. The lowest BCUT2D eigenvalue weighted by Gasteiger charge is -2.21. The molecule has 0 bridgehead atoms. The van der Waals surface area contributed by atoms with Crippen LogP contribution in [0.1, 0.15) is 39.5 Å². The number of benzene rings is 3. The molecular formula is C26H19F3N2O2. The molecule has 0 radical (unpaired) electrons. The minimum atomic E-state index is -4.46. The summed E-state index contributed by atoms with van der Waals surface area (Å²) >= 11 is 0. The highest BCUT2D eigenvalue weighted by molar-refractivity contribution is 5.97. The Morgan fingerprint density at radius 3 is 2.30 bits per heavy atom. The van der Waals surface area contributed by atoms with E-state index in [1.807, 2.05) is 18.2 Å². The number of fused-ring (bicyclic) bond motifs is 1. The predicted molar refractivity (Wildman–Crippen MR) is 118 cm³/mol. The maximum absolute atomic E-state index is 13.1. The first-order valence-corrected chi connectivity index (χ1v) is 10.2. The third-order valence-electron chi connectivity index (χ3n) is 5.61. The largest absolute Gasteiger partial charge is 0.497 e. The Hall–Kier alpha value is -4.05. The molecule has 1 atom stereocenters. The minimum absolute atomic E-state index is 0.00123. The van der Waals surface area contributed by atoms with Gasteiger partial charge in [-0.3, -0.25) is 4.79 Å². The summed E-state index contributed by atoms with van der Waals surface area (Å²) in [5.74, 6) is 0.430. The minimum Gasteiger partial charge on any atom is -0.497 e. The van der Waals surface area contributed by atoms with Crippen molar-refractivity contribution in [2.75, 3.05) is 7.11 Å². The van der Waals surface area contributed by atoms with Crippen LogP contribution < -0.4 is 4.74 Å². The molecule has 0 N–H and O–H groups in total. The van der Waals surface area contributed by atoms with Crippen molar-refractivity contribution < 1.29 is 22.7 Å². The Bertz CT molecular complexity index is 1330. The number of hydrogen-bond acceptors (Lipinski definition) is 3. The van der Waals surface area contributed by atoms with Gasteiger partial charge in [0.1, 0.15) is 11.8 Å². The normalized spacial score (nSPS) is 12.3. The lowest BCUT2D eigenvalue weighted by Crippen LogP contribution is -2.15. The van der Waals surface area contributed by atoms with E-state index in [4.69, 9.17) is 4.74 Å². The SMILES string of the molecule is COc1ccc(C(=O)CC(c2ccc(C(F)(F)F)cc2)n2cc(C#N)c3ccccc32)cc1. The summed E-state index contributed by atoms with van der Waals surface area (Å²) in [6, 6.07) is 20.3. The molecule has 1 aromatic heterocycles. The van der Waals surface area contributed by atoms with Crippen molar-refractivity contribution in [1.82, 2.24) is 4.57 Å². The number of Topliss-reactive ketones (excluding diaryl/α,β-unsaturated/α-hetero) is 1. The van der Waals surface area contributed by atoms with E-state index in [0.717, 1.165) is 17.6 Å². The van der Waals surface area contributed by atoms with Crippen molar-refractivity contribution in [2.24, 2.45) is 0 Å². The van der Waals surface area contributed by atoms with Crippen LogP contribution in [0.3, 0.4) is 0 Å². The number of ketones is 1. The van der Waals surface area contributed by atoms with Crippen LogP contribution in [0.15, 0.2) is 79.0 Å². The third-order valence-corrected chi connectivity index (χ3v) is 5.61. The van der Waals surface area contributed by atoms with E-state index in [9.17, 15) is 23.2 Å². The second kappa shape index (κ2) is 8.83. The van der Waals surface area contributed by atoms with E-state index in [2.05, 4.69) is 6.07 Å². The van der Waals surface area contributed by atoms with Crippen molar-refractivity contribution >= 4 is 16.7 Å². The van der Waals surface area contributed by atoms with Crippen molar-refractivity contribution in [3.05, 3.63) is 101 Å². The number of aromatic nitrogens is 1. The van der Waals surface area contributed by atoms with Crippen LogP contribution in [0.4, 0.5) is 13.2 Å². The summed E-state index contributed by atoms with van der Waals surface area (Å²) in [4.78, 5) is 13.1. The fourth-order valence-electron chi connectivity index (χ4n) is 3.89. The quantitative estimate of drug-likeness (QED) is 0.321. The number of nitriles is 1. The second-order valence-electron chi connectivity index (χ2n) is 7.57. The van der Waals surface area contributed by atoms with Gasteiger partial charge in [-0.15, -0.1) is 0 Å². The first-order valence-electron chi connectivity index (χ1n) is 10.2. The van der Waals surface area contributed by atoms with E-state index >= 15 is 0 Å². The van der Waals surface area contributed by atoms with Gasteiger partial charge >= 0.3 is 6.18 Å². The number of halogens is 3. The lowest BCUT2D eigenvalue weighted by atomic mass is 9.96. The summed E-state index contributed by atoms with van der Waals surface area (Å²) in [5, 5.41) is 10.3. The molecule has 0 aliphatic rings. The molecule has 7 heteroatoms. The number of para-hydroxylation sites is 1. The molecule has 4 nitrogen and oxygen atoms in total. The summed E-state index contributed by atoms with van der Waals surface area (Å²) in [5.41, 5.74) is 1.39. The number of alkyl halides is 3. The van der Waals surface area contributed by atoms with Crippen LogP contribution >= 0.6 is 0 Å². The van der Waals surface area contributed by atoms with Crippen LogP contribution in [0.25, 0.3) is 10.9 Å². The standard InChI is InChI=1S/C26H19F3N2O2/c1-33-21-12-8-18(9-13-21)25(32)14-24(17-6-10-20(11-7-17)26(27,28)29)31-16-19(15-30)22-4-2-3-5-23(22)31/h2-13,16,24H,14H2,1H3. The molecule has 0 aliphatic heterocycles. The van der Waals surface area contributed by atoms with Crippen LogP contribution in [-0.4, -0.2) is 17.5 Å². The zero-order valence-corrected chi connectivity index (χ0v) is 17.6. The van der Waals surface area contributed by atoms with Gasteiger partial charge in [0, 0.05) is 29.1 Å². The molecule has 166 valence electrons. The molecule has 0 saturated carbocycles.